The van der Waals surface area contributed by atoms with Crippen LogP contribution in [0.3, 0.4) is 0 Å². The molecule has 0 fully saturated rings. The van der Waals surface area contributed by atoms with Crippen molar-refractivity contribution < 1.29 is 42.4 Å². The number of nitrogens with zero attached hydrogens (tertiary/aromatic N) is 1. The number of hydrogen-bond donors (Lipinski definition) is 2. The molecule has 7 nitrogen and oxygen atoms in total. The van der Waals surface area contributed by atoms with Gasteiger partial charge in [-0.15, -0.1) is 13.2 Å². The van der Waals surface area contributed by atoms with Gasteiger partial charge in [0.2, 0.25) is 5.88 Å². The molecule has 31 heavy (non-hydrogen) atoms. The van der Waals surface area contributed by atoms with Crippen LogP contribution in [0.2, 0.25) is 0 Å². The Bertz CT molecular complexity index is 1100. The SMILES string of the molecule is CCCCOC(=O)c1nc(O)c2cc(Oc3cccc(OC(F)(F)F)c3)ccc2c1O. The van der Waals surface area contributed by atoms with Crippen molar-refractivity contribution in [1.29, 1.82) is 0 Å². The van der Waals surface area contributed by atoms with Crippen LogP contribution in [0, 0.1) is 0 Å². The lowest BCUT2D eigenvalue weighted by atomic mass is 10.1. The van der Waals surface area contributed by atoms with Crippen LogP contribution >= 0.6 is 0 Å². The van der Waals surface area contributed by atoms with Crippen LogP contribution < -0.4 is 9.47 Å². The van der Waals surface area contributed by atoms with Crippen LogP contribution in [-0.2, 0) is 4.74 Å². The summed E-state index contributed by atoms with van der Waals surface area (Å²) in [6, 6.07) is 9.00. The number of esters is 1. The van der Waals surface area contributed by atoms with Crippen molar-refractivity contribution in [1.82, 2.24) is 4.98 Å². The van der Waals surface area contributed by atoms with E-state index in [1.807, 2.05) is 6.92 Å². The molecule has 0 aliphatic heterocycles. The molecule has 2 N–H and O–H groups in total. The number of aromatic nitrogens is 1. The maximum atomic E-state index is 12.4. The molecule has 3 aromatic rings. The van der Waals surface area contributed by atoms with Gasteiger partial charge in [-0.05, 0) is 36.8 Å². The molecule has 0 saturated heterocycles. The molecule has 0 aliphatic rings. The molecular formula is C21H18F3NO6. The number of carbonyl (C=O) groups excluding carboxylic acids is 1. The monoisotopic (exact) mass is 437 g/mol. The Morgan fingerprint density at radius 2 is 1.74 bits per heavy atom. The Labute approximate surface area is 174 Å². The van der Waals surface area contributed by atoms with Crippen LogP contribution in [0.4, 0.5) is 13.2 Å². The molecule has 0 saturated carbocycles. The number of halogens is 3. The predicted molar refractivity (Wildman–Crippen MR) is 103 cm³/mol. The Morgan fingerprint density at radius 3 is 2.45 bits per heavy atom. The summed E-state index contributed by atoms with van der Waals surface area (Å²) in [5.41, 5.74) is -0.424. The molecule has 2 aromatic carbocycles. The molecule has 0 radical (unpaired) electrons. The number of benzene rings is 2. The second kappa shape index (κ2) is 8.99. The summed E-state index contributed by atoms with van der Waals surface area (Å²) in [5, 5.41) is 20.8. The van der Waals surface area contributed by atoms with Gasteiger partial charge in [-0.25, -0.2) is 9.78 Å². The highest BCUT2D eigenvalue weighted by Gasteiger charge is 2.31. The van der Waals surface area contributed by atoms with E-state index in [1.54, 1.807) is 0 Å². The number of aromatic hydroxyl groups is 2. The highest BCUT2D eigenvalue weighted by atomic mass is 19.4. The summed E-state index contributed by atoms with van der Waals surface area (Å²) >= 11 is 0. The highest BCUT2D eigenvalue weighted by Crippen LogP contribution is 2.37. The molecule has 1 aromatic heterocycles. The zero-order valence-corrected chi connectivity index (χ0v) is 16.3. The molecule has 1 heterocycles. The minimum absolute atomic E-state index is 0.0499. The van der Waals surface area contributed by atoms with Crippen molar-refractivity contribution in [3.05, 3.63) is 48.2 Å². The third-order valence-electron chi connectivity index (χ3n) is 4.13. The fourth-order valence-corrected chi connectivity index (χ4v) is 2.72. The number of pyridine rings is 1. The average molecular weight is 437 g/mol. The van der Waals surface area contributed by atoms with E-state index in [-0.39, 0.29) is 28.9 Å². The summed E-state index contributed by atoms with van der Waals surface area (Å²) < 4.78 is 51.5. The largest absolute Gasteiger partial charge is 0.573 e. The third kappa shape index (κ3) is 5.47. The van der Waals surface area contributed by atoms with Gasteiger partial charge >= 0.3 is 12.3 Å². The zero-order valence-electron chi connectivity index (χ0n) is 16.3. The Hall–Kier alpha value is -3.69. The molecule has 10 heteroatoms. The second-order valence-corrected chi connectivity index (χ2v) is 6.45. The Morgan fingerprint density at radius 1 is 1.03 bits per heavy atom. The fraction of sp³-hybridized carbons (Fsp3) is 0.238. The normalized spacial score (nSPS) is 11.4. The number of unbranched alkanes of at least 4 members (excludes halogenated alkanes) is 1. The van der Waals surface area contributed by atoms with Crippen LogP contribution in [0.1, 0.15) is 30.3 Å². The van der Waals surface area contributed by atoms with Gasteiger partial charge in [-0.2, -0.15) is 0 Å². The third-order valence-corrected chi connectivity index (χ3v) is 4.13. The maximum Gasteiger partial charge on any atom is 0.573 e. The van der Waals surface area contributed by atoms with Gasteiger partial charge in [0.15, 0.2) is 11.4 Å². The van der Waals surface area contributed by atoms with Gasteiger partial charge in [0.25, 0.3) is 0 Å². The van der Waals surface area contributed by atoms with Gasteiger partial charge in [-0.3, -0.25) is 0 Å². The lowest BCUT2D eigenvalue weighted by molar-refractivity contribution is -0.274. The number of alkyl halides is 3. The van der Waals surface area contributed by atoms with Crippen molar-refractivity contribution in [3.63, 3.8) is 0 Å². The molecule has 3 rings (SSSR count). The first-order valence-corrected chi connectivity index (χ1v) is 9.24. The van der Waals surface area contributed by atoms with Gasteiger partial charge in [-0.1, -0.05) is 19.4 Å². The van der Waals surface area contributed by atoms with Crippen molar-refractivity contribution >= 4 is 16.7 Å². The lowest BCUT2D eigenvalue weighted by Crippen LogP contribution is -2.16. The van der Waals surface area contributed by atoms with Gasteiger partial charge < -0.3 is 24.4 Å². The molecule has 0 atom stereocenters. The average Bonchev–Trinajstić information content (AvgIpc) is 2.70. The van der Waals surface area contributed by atoms with Gasteiger partial charge in [0.05, 0.1) is 12.0 Å². The summed E-state index contributed by atoms with van der Waals surface area (Å²) in [6.45, 7) is 2.07. The van der Waals surface area contributed by atoms with Crippen molar-refractivity contribution in [2.75, 3.05) is 6.61 Å². The first-order chi connectivity index (χ1) is 14.7. The van der Waals surface area contributed by atoms with E-state index in [0.717, 1.165) is 18.6 Å². The van der Waals surface area contributed by atoms with E-state index < -0.39 is 35.4 Å². The summed E-state index contributed by atoms with van der Waals surface area (Å²) in [7, 11) is 0. The predicted octanol–water partition coefficient (Wildman–Crippen LogP) is 5.29. The molecule has 0 unspecified atom stereocenters. The summed E-state index contributed by atoms with van der Waals surface area (Å²) in [4.78, 5) is 15.8. The first-order valence-electron chi connectivity index (χ1n) is 9.24. The lowest BCUT2D eigenvalue weighted by Gasteiger charge is -2.12. The molecule has 164 valence electrons. The molecule has 0 aliphatic carbocycles. The van der Waals surface area contributed by atoms with E-state index in [2.05, 4.69) is 9.72 Å². The minimum atomic E-state index is -4.84. The number of hydrogen-bond acceptors (Lipinski definition) is 7. The maximum absolute atomic E-state index is 12.4. The van der Waals surface area contributed by atoms with Gasteiger partial charge in [0, 0.05) is 11.5 Å². The quantitative estimate of drug-likeness (QED) is 0.383. The van der Waals surface area contributed by atoms with Crippen LogP contribution in [0.15, 0.2) is 42.5 Å². The van der Waals surface area contributed by atoms with Crippen molar-refractivity contribution in [2.45, 2.75) is 26.1 Å². The number of carbonyl (C=O) groups is 1. The summed E-state index contributed by atoms with van der Waals surface area (Å²) in [5.74, 6) is -2.15. The second-order valence-electron chi connectivity index (χ2n) is 6.45. The van der Waals surface area contributed by atoms with Crippen molar-refractivity contribution in [3.8, 4) is 28.9 Å². The van der Waals surface area contributed by atoms with Crippen LogP contribution in [0.25, 0.3) is 10.8 Å². The van der Waals surface area contributed by atoms with Crippen LogP contribution in [0.5, 0.6) is 28.9 Å². The fourth-order valence-electron chi connectivity index (χ4n) is 2.72. The molecule has 0 amide bonds. The first kappa shape index (κ1) is 22.0. The Kier molecular flexibility index (Phi) is 6.38. The smallest absolute Gasteiger partial charge is 0.505 e. The van der Waals surface area contributed by atoms with Crippen LogP contribution in [-0.4, -0.2) is 34.1 Å². The molecular weight excluding hydrogens is 419 g/mol. The van der Waals surface area contributed by atoms with E-state index in [0.29, 0.717) is 6.42 Å². The minimum Gasteiger partial charge on any atom is -0.505 e. The molecule has 0 spiro atoms. The van der Waals surface area contributed by atoms with E-state index in [9.17, 15) is 28.2 Å². The highest BCUT2D eigenvalue weighted by molar-refractivity contribution is 6.01. The topological polar surface area (TPSA) is 98.1 Å². The number of rotatable bonds is 7. The van der Waals surface area contributed by atoms with Crippen molar-refractivity contribution in [2.24, 2.45) is 0 Å². The Balaban J connectivity index is 1.87. The van der Waals surface area contributed by atoms with E-state index in [1.165, 1.54) is 30.3 Å². The molecule has 0 bridgehead atoms. The van der Waals surface area contributed by atoms with Gasteiger partial charge in [0.1, 0.15) is 17.2 Å². The van der Waals surface area contributed by atoms with E-state index in [4.69, 9.17) is 9.47 Å². The van der Waals surface area contributed by atoms with E-state index >= 15 is 0 Å². The zero-order chi connectivity index (χ0) is 22.6. The summed E-state index contributed by atoms with van der Waals surface area (Å²) in [6.07, 6.45) is -3.39. The number of ether oxygens (including phenoxy) is 3. The standard InChI is InChI=1S/C21H18F3NO6/c1-2-3-9-29-20(28)17-18(26)15-8-7-13(11-16(15)19(27)25-17)30-12-5-4-6-14(10-12)31-21(22,23)24/h4-8,10-11,26H,2-3,9H2,1H3,(H,25,27). The number of fused-ring (bicyclic) bond motifs is 1.